The molecule has 2 bridgehead atoms. The first-order valence-corrected chi connectivity index (χ1v) is 11.3. The van der Waals surface area contributed by atoms with E-state index < -0.39 is 5.82 Å². The molecule has 0 spiro atoms. The van der Waals surface area contributed by atoms with Crippen LogP contribution in [0, 0.1) is 24.6 Å². The third-order valence-electron chi connectivity index (χ3n) is 6.44. The minimum Gasteiger partial charge on any atom is -0.461 e. The summed E-state index contributed by atoms with van der Waals surface area (Å²) >= 11 is 1.54. The Morgan fingerprint density at radius 1 is 1.23 bits per heavy atom. The van der Waals surface area contributed by atoms with Crippen LogP contribution in [0.1, 0.15) is 35.3 Å². The summed E-state index contributed by atoms with van der Waals surface area (Å²) in [4.78, 5) is 29.0. The van der Waals surface area contributed by atoms with E-state index >= 15 is 0 Å². The molecule has 3 aromatic rings. The molecule has 2 aromatic heterocycles. The molecule has 1 saturated carbocycles. The average molecular weight is 439 g/mol. The lowest BCUT2D eigenvalue weighted by Gasteiger charge is -2.56. The third kappa shape index (κ3) is 3.69. The number of fused-ring (bicyclic) bond motifs is 2. The van der Waals surface area contributed by atoms with Gasteiger partial charge in [-0.05, 0) is 37.2 Å². The van der Waals surface area contributed by atoms with Gasteiger partial charge in [-0.25, -0.2) is 19.3 Å². The van der Waals surface area contributed by atoms with Gasteiger partial charge in [-0.1, -0.05) is 37.3 Å². The number of halogens is 1. The van der Waals surface area contributed by atoms with Crippen molar-refractivity contribution in [2.75, 3.05) is 6.61 Å². The number of hydrogen-bond acceptors (Lipinski definition) is 6. The number of carbonyl (C=O) groups is 1. The van der Waals surface area contributed by atoms with Crippen LogP contribution < -0.4 is 4.74 Å². The number of thiazole rings is 1. The Kier molecular flexibility index (Phi) is 5.17. The third-order valence-corrected chi connectivity index (χ3v) is 7.46. The van der Waals surface area contributed by atoms with Crippen molar-refractivity contribution in [3.05, 3.63) is 59.2 Å². The number of nitrogens with zero attached hydrogens (tertiary/aromatic N) is 4. The molecule has 160 valence electrons. The van der Waals surface area contributed by atoms with Crippen LogP contribution in [-0.2, 0) is 0 Å². The van der Waals surface area contributed by atoms with Gasteiger partial charge in [0, 0.05) is 6.04 Å². The van der Waals surface area contributed by atoms with Gasteiger partial charge in [0.1, 0.15) is 12.3 Å². The molecule has 0 radical (unpaired) electrons. The van der Waals surface area contributed by atoms with Gasteiger partial charge in [0.15, 0.2) is 5.82 Å². The summed E-state index contributed by atoms with van der Waals surface area (Å²) in [6.07, 6.45) is 4.19. The highest BCUT2D eigenvalue weighted by molar-refractivity contribution is 7.15. The standard InChI is InChI=1S/C23H23FN4O2S/c1-13-16-8-18(9-16)28(19(13)12-30-23-25-10-17(24)11-26-23)22(29)20-21(31-14(2)27-20)15-6-4-3-5-7-15/h3-7,10-11,13,16,18-19H,8-9,12H2,1-2H3. The van der Waals surface area contributed by atoms with Gasteiger partial charge < -0.3 is 9.64 Å². The molecule has 0 N–H and O–H groups in total. The fourth-order valence-corrected chi connectivity index (χ4v) is 5.60. The zero-order chi connectivity index (χ0) is 21.5. The largest absolute Gasteiger partial charge is 0.461 e. The lowest BCUT2D eigenvalue weighted by atomic mass is 9.64. The van der Waals surface area contributed by atoms with Crippen LogP contribution in [0.4, 0.5) is 4.39 Å². The number of aromatic nitrogens is 3. The Labute approximate surface area is 184 Å². The lowest BCUT2D eigenvalue weighted by Crippen LogP contribution is -2.64. The zero-order valence-electron chi connectivity index (χ0n) is 17.4. The summed E-state index contributed by atoms with van der Waals surface area (Å²) in [7, 11) is 0. The number of rotatable bonds is 5. The number of benzene rings is 1. The average Bonchev–Trinajstić information content (AvgIpc) is 3.14. The highest BCUT2D eigenvalue weighted by Crippen LogP contribution is 2.47. The predicted octanol–water partition coefficient (Wildman–Crippen LogP) is 4.37. The molecule has 3 fully saturated rings. The van der Waals surface area contributed by atoms with Crippen LogP contribution in [0.15, 0.2) is 42.7 Å². The number of ether oxygens (including phenoxy) is 1. The Morgan fingerprint density at radius 2 is 1.94 bits per heavy atom. The van der Waals surface area contributed by atoms with Crippen LogP contribution in [0.3, 0.4) is 0 Å². The molecular formula is C23H23FN4O2S. The molecule has 3 aliphatic rings. The fraction of sp³-hybridized carbons (Fsp3) is 0.391. The topological polar surface area (TPSA) is 68.2 Å². The molecule has 1 aromatic carbocycles. The molecule has 4 heterocycles. The minimum absolute atomic E-state index is 0.0492. The summed E-state index contributed by atoms with van der Waals surface area (Å²) in [5.41, 5.74) is 1.51. The normalized spacial score (nSPS) is 24.5. The second-order valence-electron chi connectivity index (χ2n) is 8.30. The molecule has 31 heavy (non-hydrogen) atoms. The van der Waals surface area contributed by atoms with E-state index in [4.69, 9.17) is 4.74 Å². The van der Waals surface area contributed by atoms with Crippen molar-refractivity contribution in [2.24, 2.45) is 11.8 Å². The van der Waals surface area contributed by atoms with Gasteiger partial charge in [0.25, 0.3) is 5.91 Å². The van der Waals surface area contributed by atoms with Gasteiger partial charge in [-0.15, -0.1) is 11.3 Å². The SMILES string of the molecule is Cc1nc(C(=O)N2C3CC(C3)C(C)C2COc2ncc(F)cn2)c(-c2ccccc2)s1. The molecule has 1 amide bonds. The maximum absolute atomic E-state index is 13.8. The second-order valence-corrected chi connectivity index (χ2v) is 9.50. The molecule has 6 rings (SSSR count). The van der Waals surface area contributed by atoms with E-state index in [1.807, 2.05) is 42.2 Å². The quantitative estimate of drug-likeness (QED) is 0.592. The summed E-state index contributed by atoms with van der Waals surface area (Å²) < 4.78 is 18.9. The molecular weight excluding hydrogens is 415 g/mol. The maximum atomic E-state index is 13.8. The molecule has 6 nitrogen and oxygen atoms in total. The zero-order valence-corrected chi connectivity index (χ0v) is 18.2. The highest BCUT2D eigenvalue weighted by atomic mass is 32.1. The van der Waals surface area contributed by atoms with Gasteiger partial charge in [0.2, 0.25) is 0 Å². The van der Waals surface area contributed by atoms with Gasteiger partial charge in [-0.2, -0.15) is 0 Å². The van der Waals surface area contributed by atoms with Gasteiger partial charge in [0.05, 0.1) is 28.3 Å². The molecule has 2 unspecified atom stereocenters. The minimum atomic E-state index is -0.510. The Hall–Kier alpha value is -2.87. The van der Waals surface area contributed by atoms with E-state index in [1.54, 1.807) is 11.3 Å². The van der Waals surface area contributed by atoms with Crippen LogP contribution in [0.2, 0.25) is 0 Å². The van der Waals surface area contributed by atoms with Crippen molar-refractivity contribution in [1.29, 1.82) is 0 Å². The van der Waals surface area contributed by atoms with Crippen LogP contribution in [0.5, 0.6) is 6.01 Å². The van der Waals surface area contributed by atoms with E-state index in [9.17, 15) is 9.18 Å². The van der Waals surface area contributed by atoms with E-state index in [2.05, 4.69) is 21.9 Å². The van der Waals surface area contributed by atoms with Crippen molar-refractivity contribution in [3.63, 3.8) is 0 Å². The van der Waals surface area contributed by atoms with Crippen molar-refractivity contribution >= 4 is 17.2 Å². The van der Waals surface area contributed by atoms with Crippen molar-refractivity contribution < 1.29 is 13.9 Å². The first-order valence-electron chi connectivity index (χ1n) is 10.5. The lowest BCUT2D eigenvalue weighted by molar-refractivity contribution is -0.0680. The van der Waals surface area contributed by atoms with E-state index in [-0.39, 0.29) is 36.5 Å². The molecule has 8 heteroatoms. The van der Waals surface area contributed by atoms with Crippen molar-refractivity contribution in [3.8, 4) is 16.5 Å². The number of aryl methyl sites for hydroxylation is 1. The molecule has 2 atom stereocenters. The molecule has 2 saturated heterocycles. The summed E-state index contributed by atoms with van der Waals surface area (Å²) in [5.74, 6) is 0.312. The predicted molar refractivity (Wildman–Crippen MR) is 115 cm³/mol. The summed E-state index contributed by atoms with van der Waals surface area (Å²) in [6, 6.07) is 10.1. The molecule has 2 aliphatic heterocycles. The number of amides is 1. The van der Waals surface area contributed by atoms with E-state index in [0.717, 1.165) is 40.7 Å². The fourth-order valence-electron chi connectivity index (χ4n) is 4.69. The van der Waals surface area contributed by atoms with Crippen molar-refractivity contribution in [2.45, 2.75) is 38.8 Å². The van der Waals surface area contributed by atoms with Crippen LogP contribution in [-0.4, -0.2) is 44.4 Å². The monoisotopic (exact) mass is 438 g/mol. The van der Waals surface area contributed by atoms with Gasteiger partial charge >= 0.3 is 6.01 Å². The Morgan fingerprint density at radius 3 is 2.65 bits per heavy atom. The summed E-state index contributed by atoms with van der Waals surface area (Å²) in [6.45, 7) is 4.37. The summed E-state index contributed by atoms with van der Waals surface area (Å²) in [5, 5.41) is 0.867. The van der Waals surface area contributed by atoms with Crippen molar-refractivity contribution in [1.82, 2.24) is 19.9 Å². The van der Waals surface area contributed by atoms with E-state index in [0.29, 0.717) is 11.6 Å². The van der Waals surface area contributed by atoms with E-state index in [1.165, 1.54) is 0 Å². The first-order chi connectivity index (χ1) is 15.0. The van der Waals surface area contributed by atoms with Crippen LogP contribution >= 0.6 is 11.3 Å². The first kappa shape index (κ1) is 20.1. The molecule has 1 aliphatic carbocycles. The Balaban J connectivity index is 1.43. The maximum Gasteiger partial charge on any atom is 0.316 e. The van der Waals surface area contributed by atoms with Gasteiger partial charge in [-0.3, -0.25) is 4.79 Å². The number of piperidine rings is 2. The second kappa shape index (κ2) is 8.00. The number of hydrogen-bond donors (Lipinski definition) is 0. The highest BCUT2D eigenvalue weighted by Gasteiger charge is 2.51. The Bertz CT molecular complexity index is 1080. The van der Waals surface area contributed by atoms with Crippen LogP contribution in [0.25, 0.3) is 10.4 Å². The number of carbonyl (C=O) groups excluding carboxylic acids is 1. The smallest absolute Gasteiger partial charge is 0.316 e.